The number of amides is 2. The molecule has 1 saturated carbocycles. The number of fused-ring (bicyclic) bond motifs is 1. The van der Waals surface area contributed by atoms with Crippen molar-refractivity contribution in [1.82, 2.24) is 20.2 Å². The highest BCUT2D eigenvalue weighted by molar-refractivity contribution is 5.80. The number of rotatable bonds is 6. The van der Waals surface area contributed by atoms with E-state index in [9.17, 15) is 4.79 Å². The maximum atomic E-state index is 13.1. The number of aromatic nitrogens is 2. The van der Waals surface area contributed by atoms with E-state index in [1.54, 1.807) is 6.20 Å². The molecule has 1 atom stereocenters. The van der Waals surface area contributed by atoms with E-state index in [1.165, 1.54) is 5.39 Å². The number of carbonyl (C=O) groups is 1. The second kappa shape index (κ2) is 7.43. The van der Waals surface area contributed by atoms with E-state index >= 15 is 0 Å². The molecule has 1 fully saturated rings. The van der Waals surface area contributed by atoms with Crippen LogP contribution >= 0.6 is 0 Å². The first-order valence-corrected chi connectivity index (χ1v) is 9.65. The molecule has 0 spiro atoms. The predicted molar refractivity (Wildman–Crippen MR) is 107 cm³/mol. The smallest absolute Gasteiger partial charge is 0.318 e. The lowest BCUT2D eigenvalue weighted by Crippen LogP contribution is -2.43. The van der Waals surface area contributed by atoms with Gasteiger partial charge in [0.15, 0.2) is 0 Å². The first-order valence-electron chi connectivity index (χ1n) is 9.65. The third kappa shape index (κ3) is 3.97. The molecule has 5 heteroatoms. The van der Waals surface area contributed by atoms with E-state index < -0.39 is 0 Å². The van der Waals surface area contributed by atoms with Crippen molar-refractivity contribution in [2.75, 3.05) is 0 Å². The molecule has 4 rings (SSSR count). The summed E-state index contributed by atoms with van der Waals surface area (Å²) >= 11 is 0. The molecule has 27 heavy (non-hydrogen) atoms. The van der Waals surface area contributed by atoms with Crippen LogP contribution in [-0.4, -0.2) is 26.9 Å². The number of nitrogens with zero attached hydrogens (tertiary/aromatic N) is 2. The Bertz CT molecular complexity index is 914. The van der Waals surface area contributed by atoms with Crippen molar-refractivity contribution in [3.8, 4) is 0 Å². The van der Waals surface area contributed by atoms with Gasteiger partial charge in [-0.1, -0.05) is 26.0 Å². The highest BCUT2D eigenvalue weighted by Crippen LogP contribution is 2.30. The summed E-state index contributed by atoms with van der Waals surface area (Å²) in [4.78, 5) is 22.5. The highest BCUT2D eigenvalue weighted by Gasteiger charge is 2.34. The summed E-state index contributed by atoms with van der Waals surface area (Å²) in [6.07, 6.45) is 7.71. The van der Waals surface area contributed by atoms with Gasteiger partial charge in [0.25, 0.3) is 0 Å². The molecule has 5 nitrogen and oxygen atoms in total. The molecule has 0 radical (unpaired) electrons. The largest absolute Gasteiger partial charge is 0.361 e. The second-order valence-electron chi connectivity index (χ2n) is 7.72. The lowest BCUT2D eigenvalue weighted by molar-refractivity contribution is 0.184. The molecule has 1 aliphatic rings. The third-order valence-electron chi connectivity index (χ3n) is 5.21. The van der Waals surface area contributed by atoms with Gasteiger partial charge in [-0.3, -0.25) is 4.98 Å². The molecule has 3 aromatic rings. The summed E-state index contributed by atoms with van der Waals surface area (Å²) in [7, 11) is 0. The zero-order chi connectivity index (χ0) is 18.8. The quantitative estimate of drug-likeness (QED) is 0.671. The van der Waals surface area contributed by atoms with Gasteiger partial charge in [0.2, 0.25) is 0 Å². The number of carbonyl (C=O) groups excluding carboxylic acids is 1. The molecule has 2 N–H and O–H groups in total. The topological polar surface area (TPSA) is 61.0 Å². The Hall–Kier alpha value is -2.82. The SMILES string of the molecule is CC(C)[C@H](NC(=O)N(Cc1ccc2[nH]ccc2c1)C1CC1)c1cccnc1. The minimum absolute atomic E-state index is 0.00854. The van der Waals surface area contributed by atoms with Crippen LogP contribution in [0.3, 0.4) is 0 Å². The fourth-order valence-electron chi connectivity index (χ4n) is 3.56. The van der Waals surface area contributed by atoms with Crippen molar-refractivity contribution in [2.45, 2.75) is 45.3 Å². The van der Waals surface area contributed by atoms with Crippen LogP contribution in [0.25, 0.3) is 10.9 Å². The summed E-state index contributed by atoms with van der Waals surface area (Å²) in [5.41, 5.74) is 3.33. The number of urea groups is 1. The zero-order valence-electron chi connectivity index (χ0n) is 15.9. The fourth-order valence-corrected chi connectivity index (χ4v) is 3.56. The van der Waals surface area contributed by atoms with E-state index in [0.29, 0.717) is 12.6 Å². The molecule has 140 valence electrons. The normalized spacial score (nSPS) is 15.1. The van der Waals surface area contributed by atoms with Crippen LogP contribution in [0, 0.1) is 5.92 Å². The van der Waals surface area contributed by atoms with Gasteiger partial charge < -0.3 is 15.2 Å². The van der Waals surface area contributed by atoms with Crippen LogP contribution in [0.5, 0.6) is 0 Å². The summed E-state index contributed by atoms with van der Waals surface area (Å²) in [5.74, 6) is 0.287. The first kappa shape index (κ1) is 17.6. The van der Waals surface area contributed by atoms with Gasteiger partial charge in [0.05, 0.1) is 6.04 Å². The van der Waals surface area contributed by atoms with Crippen LogP contribution in [0.1, 0.15) is 43.9 Å². The first-order chi connectivity index (χ1) is 13.1. The second-order valence-corrected chi connectivity index (χ2v) is 7.72. The van der Waals surface area contributed by atoms with Crippen LogP contribution in [0.2, 0.25) is 0 Å². The molecule has 0 aliphatic heterocycles. The maximum absolute atomic E-state index is 13.1. The monoisotopic (exact) mass is 362 g/mol. The highest BCUT2D eigenvalue weighted by atomic mass is 16.2. The Labute approximate surface area is 159 Å². The van der Waals surface area contributed by atoms with Crippen LogP contribution < -0.4 is 5.32 Å². The third-order valence-corrected chi connectivity index (χ3v) is 5.21. The number of hydrogen-bond donors (Lipinski definition) is 2. The zero-order valence-corrected chi connectivity index (χ0v) is 15.9. The van der Waals surface area contributed by atoms with Gasteiger partial charge in [0, 0.05) is 36.7 Å². The van der Waals surface area contributed by atoms with E-state index in [1.807, 2.05) is 29.4 Å². The van der Waals surface area contributed by atoms with Crippen molar-refractivity contribution >= 4 is 16.9 Å². The van der Waals surface area contributed by atoms with Crippen LogP contribution in [-0.2, 0) is 6.54 Å². The summed E-state index contributed by atoms with van der Waals surface area (Å²) < 4.78 is 0. The van der Waals surface area contributed by atoms with Crippen molar-refractivity contribution in [3.05, 3.63) is 66.1 Å². The minimum atomic E-state index is -0.0420. The van der Waals surface area contributed by atoms with Crippen molar-refractivity contribution in [2.24, 2.45) is 5.92 Å². The Morgan fingerprint density at radius 1 is 1.30 bits per heavy atom. The summed E-state index contributed by atoms with van der Waals surface area (Å²) in [6, 6.07) is 12.7. The van der Waals surface area contributed by atoms with Gasteiger partial charge in [-0.15, -0.1) is 0 Å². The fraction of sp³-hybridized carbons (Fsp3) is 0.364. The number of aromatic amines is 1. The van der Waals surface area contributed by atoms with Gasteiger partial charge in [-0.25, -0.2) is 4.79 Å². The molecule has 0 bridgehead atoms. The molecule has 0 saturated heterocycles. The minimum Gasteiger partial charge on any atom is -0.361 e. The summed E-state index contributed by atoms with van der Waals surface area (Å²) in [6.45, 7) is 4.88. The average Bonchev–Trinajstić information content (AvgIpc) is 3.41. The Kier molecular flexibility index (Phi) is 4.84. The molecule has 2 amide bonds. The van der Waals surface area contributed by atoms with Gasteiger partial charge in [0.1, 0.15) is 0 Å². The van der Waals surface area contributed by atoms with Crippen LogP contribution in [0.4, 0.5) is 4.79 Å². The Morgan fingerprint density at radius 2 is 2.15 bits per heavy atom. The number of H-pyrrole nitrogens is 1. The predicted octanol–water partition coefficient (Wildman–Crippen LogP) is 4.63. The number of hydrogen-bond acceptors (Lipinski definition) is 2. The lowest BCUT2D eigenvalue weighted by Gasteiger charge is -2.28. The Balaban J connectivity index is 1.51. The molecule has 2 heterocycles. The average molecular weight is 362 g/mol. The van der Waals surface area contributed by atoms with E-state index in [4.69, 9.17) is 0 Å². The van der Waals surface area contributed by atoms with Crippen molar-refractivity contribution < 1.29 is 4.79 Å². The number of benzene rings is 1. The van der Waals surface area contributed by atoms with E-state index in [-0.39, 0.29) is 18.0 Å². The van der Waals surface area contributed by atoms with Crippen molar-refractivity contribution in [1.29, 1.82) is 0 Å². The van der Waals surface area contributed by atoms with Gasteiger partial charge in [-0.05, 0) is 59.5 Å². The van der Waals surface area contributed by atoms with Gasteiger partial charge in [-0.2, -0.15) is 0 Å². The molecule has 1 aliphatic carbocycles. The molecule has 1 aromatic carbocycles. The van der Waals surface area contributed by atoms with Crippen LogP contribution in [0.15, 0.2) is 55.0 Å². The lowest BCUT2D eigenvalue weighted by atomic mass is 9.97. The molecule has 0 unspecified atom stereocenters. The molecular weight excluding hydrogens is 336 g/mol. The standard InChI is InChI=1S/C22H26N4O/c1-15(2)21(18-4-3-10-23-13-18)25-22(27)26(19-6-7-19)14-16-5-8-20-17(12-16)9-11-24-20/h3-5,8-13,15,19,21,24H,6-7,14H2,1-2H3,(H,25,27)/t21-/m0/s1. The van der Waals surface area contributed by atoms with Gasteiger partial charge >= 0.3 is 6.03 Å². The summed E-state index contributed by atoms with van der Waals surface area (Å²) in [5, 5.41) is 4.43. The van der Waals surface area contributed by atoms with Crippen molar-refractivity contribution in [3.63, 3.8) is 0 Å². The molecular formula is C22H26N4O. The number of nitrogens with one attached hydrogen (secondary N) is 2. The molecule has 2 aromatic heterocycles. The maximum Gasteiger partial charge on any atom is 0.318 e. The Morgan fingerprint density at radius 3 is 2.85 bits per heavy atom. The number of pyridine rings is 1. The van der Waals surface area contributed by atoms with E-state index in [2.05, 4.69) is 53.4 Å². The van der Waals surface area contributed by atoms with E-state index in [0.717, 1.165) is 29.5 Å².